The molecule has 0 bridgehead atoms. The SMILES string of the molecule is CC(=O)Nc1ccc(S(=O)(=O)N2CCCCC2)cc1.Nc1ccc(S(=O)(=O)N2CCCCC2)cc1. The number of hydrogen-bond donors (Lipinski definition) is 2. The van der Waals surface area contributed by atoms with Gasteiger partial charge in [0.2, 0.25) is 26.0 Å². The Balaban J connectivity index is 0.000000198. The molecule has 0 radical (unpaired) electrons. The van der Waals surface area contributed by atoms with Crippen molar-refractivity contribution in [2.75, 3.05) is 37.2 Å². The van der Waals surface area contributed by atoms with Crippen LogP contribution in [0.3, 0.4) is 0 Å². The summed E-state index contributed by atoms with van der Waals surface area (Å²) in [6, 6.07) is 12.7. The zero-order valence-corrected chi connectivity index (χ0v) is 21.7. The lowest BCUT2D eigenvalue weighted by atomic mass is 10.2. The first-order valence-electron chi connectivity index (χ1n) is 11.8. The Labute approximate surface area is 208 Å². The fourth-order valence-corrected chi connectivity index (χ4v) is 7.10. The summed E-state index contributed by atoms with van der Waals surface area (Å²) in [5, 5.41) is 2.62. The smallest absolute Gasteiger partial charge is 0.243 e. The van der Waals surface area contributed by atoms with Crippen LogP contribution in [0.25, 0.3) is 0 Å². The topological polar surface area (TPSA) is 130 Å². The first kappa shape index (κ1) is 27.1. The molecule has 2 aromatic carbocycles. The molecule has 9 nitrogen and oxygen atoms in total. The van der Waals surface area contributed by atoms with Gasteiger partial charge in [-0.05, 0) is 74.2 Å². The fraction of sp³-hybridized carbons (Fsp3) is 0.458. The number of amides is 1. The molecule has 192 valence electrons. The van der Waals surface area contributed by atoms with Crippen molar-refractivity contribution in [3.63, 3.8) is 0 Å². The number of nitrogen functional groups attached to an aromatic ring is 1. The zero-order chi connectivity index (χ0) is 25.5. The number of nitrogens with two attached hydrogens (primary N) is 1. The summed E-state index contributed by atoms with van der Waals surface area (Å²) in [6.45, 7) is 3.86. The number of sulfonamides is 2. The van der Waals surface area contributed by atoms with E-state index in [-0.39, 0.29) is 10.8 Å². The maximum Gasteiger partial charge on any atom is 0.243 e. The molecule has 2 saturated heterocycles. The average molecular weight is 523 g/mol. The summed E-state index contributed by atoms with van der Waals surface area (Å²) in [7, 11) is -6.69. The fourth-order valence-electron chi connectivity index (χ4n) is 4.06. The summed E-state index contributed by atoms with van der Waals surface area (Å²) in [4.78, 5) is 11.5. The molecule has 2 aliphatic heterocycles. The second kappa shape index (κ2) is 12.0. The molecule has 2 heterocycles. The molecule has 11 heteroatoms. The van der Waals surface area contributed by atoms with Gasteiger partial charge in [0.1, 0.15) is 0 Å². The Kier molecular flexibility index (Phi) is 9.28. The Hall–Kier alpha value is -2.47. The number of nitrogens with one attached hydrogen (secondary N) is 1. The highest BCUT2D eigenvalue weighted by molar-refractivity contribution is 7.89. The highest BCUT2D eigenvalue weighted by Crippen LogP contribution is 2.22. The molecular formula is C24H34N4O5S2. The Morgan fingerprint density at radius 1 is 0.686 bits per heavy atom. The molecule has 2 aromatic rings. The number of nitrogens with zero attached hydrogens (tertiary/aromatic N) is 2. The van der Waals surface area contributed by atoms with Gasteiger partial charge in [-0.25, -0.2) is 16.8 Å². The van der Waals surface area contributed by atoms with Gasteiger partial charge in [0.25, 0.3) is 0 Å². The number of anilines is 2. The predicted molar refractivity (Wildman–Crippen MR) is 137 cm³/mol. The van der Waals surface area contributed by atoms with Gasteiger partial charge in [-0.1, -0.05) is 12.8 Å². The van der Waals surface area contributed by atoms with E-state index >= 15 is 0 Å². The lowest BCUT2D eigenvalue weighted by Crippen LogP contribution is -2.35. The van der Waals surface area contributed by atoms with Crippen LogP contribution in [0.2, 0.25) is 0 Å². The maximum absolute atomic E-state index is 12.4. The van der Waals surface area contributed by atoms with Crippen LogP contribution < -0.4 is 11.1 Å². The minimum absolute atomic E-state index is 0.174. The molecular weight excluding hydrogens is 488 g/mol. The average Bonchev–Trinajstić information content (AvgIpc) is 2.86. The summed E-state index contributed by atoms with van der Waals surface area (Å²) < 4.78 is 52.2. The Bertz CT molecular complexity index is 1190. The first-order chi connectivity index (χ1) is 16.6. The lowest BCUT2D eigenvalue weighted by Gasteiger charge is -2.25. The van der Waals surface area contributed by atoms with Crippen molar-refractivity contribution in [2.24, 2.45) is 0 Å². The molecule has 4 rings (SSSR count). The molecule has 0 unspecified atom stereocenters. The number of carbonyl (C=O) groups excluding carboxylic acids is 1. The van der Waals surface area contributed by atoms with E-state index < -0.39 is 20.0 Å². The lowest BCUT2D eigenvalue weighted by molar-refractivity contribution is -0.114. The third kappa shape index (κ3) is 7.26. The van der Waals surface area contributed by atoms with Crippen molar-refractivity contribution in [1.82, 2.24) is 8.61 Å². The second-order valence-corrected chi connectivity index (χ2v) is 12.6. The largest absolute Gasteiger partial charge is 0.399 e. The van der Waals surface area contributed by atoms with E-state index in [0.717, 1.165) is 38.5 Å². The predicted octanol–water partition coefficient (Wildman–Crippen LogP) is 3.26. The maximum atomic E-state index is 12.4. The van der Waals surface area contributed by atoms with E-state index in [1.54, 1.807) is 40.7 Å². The van der Waals surface area contributed by atoms with E-state index in [2.05, 4.69) is 5.32 Å². The van der Waals surface area contributed by atoms with Crippen molar-refractivity contribution in [3.05, 3.63) is 48.5 Å². The van der Waals surface area contributed by atoms with Gasteiger partial charge >= 0.3 is 0 Å². The van der Waals surface area contributed by atoms with E-state index in [4.69, 9.17) is 5.73 Å². The molecule has 2 aliphatic rings. The molecule has 3 N–H and O–H groups in total. The number of carbonyl (C=O) groups is 1. The summed E-state index contributed by atoms with van der Waals surface area (Å²) >= 11 is 0. The second-order valence-electron chi connectivity index (χ2n) is 8.70. The molecule has 0 saturated carbocycles. The van der Waals surface area contributed by atoms with Gasteiger partial charge in [0, 0.05) is 44.5 Å². The summed E-state index contributed by atoms with van der Waals surface area (Å²) in [6.07, 6.45) is 5.95. The van der Waals surface area contributed by atoms with Crippen LogP contribution in [0.5, 0.6) is 0 Å². The number of hydrogen-bond acceptors (Lipinski definition) is 6. The molecule has 1 amide bonds. The third-order valence-electron chi connectivity index (χ3n) is 5.96. The van der Waals surface area contributed by atoms with Crippen LogP contribution in [0, 0.1) is 0 Å². The number of benzene rings is 2. The molecule has 0 aromatic heterocycles. The van der Waals surface area contributed by atoms with Crippen molar-refractivity contribution in [2.45, 2.75) is 55.2 Å². The Morgan fingerprint density at radius 2 is 1.06 bits per heavy atom. The third-order valence-corrected chi connectivity index (χ3v) is 9.79. The van der Waals surface area contributed by atoms with Crippen LogP contribution >= 0.6 is 0 Å². The monoisotopic (exact) mass is 522 g/mol. The molecule has 0 atom stereocenters. The summed E-state index contributed by atoms with van der Waals surface area (Å²) in [5.74, 6) is -0.174. The number of piperidine rings is 2. The van der Waals surface area contributed by atoms with Crippen LogP contribution in [0.4, 0.5) is 11.4 Å². The van der Waals surface area contributed by atoms with Crippen LogP contribution in [-0.4, -0.2) is 57.5 Å². The van der Waals surface area contributed by atoms with Crippen LogP contribution in [-0.2, 0) is 24.8 Å². The van der Waals surface area contributed by atoms with Crippen molar-refractivity contribution in [1.29, 1.82) is 0 Å². The minimum atomic E-state index is -3.39. The van der Waals surface area contributed by atoms with Crippen molar-refractivity contribution in [3.8, 4) is 0 Å². The van der Waals surface area contributed by atoms with E-state index in [1.807, 2.05) is 0 Å². The molecule has 2 fully saturated rings. The van der Waals surface area contributed by atoms with Crippen LogP contribution in [0.15, 0.2) is 58.3 Å². The van der Waals surface area contributed by atoms with E-state index in [1.165, 1.54) is 23.4 Å². The molecule has 0 aliphatic carbocycles. The standard InChI is InChI=1S/C13H18N2O3S.C11H16N2O2S/c1-11(16)14-12-5-7-13(8-6-12)19(17,18)15-9-3-2-4-10-15;12-10-4-6-11(7-5-10)16(14,15)13-8-2-1-3-9-13/h5-8H,2-4,9-10H2,1H3,(H,14,16);4-7H,1-3,8-9,12H2. The Morgan fingerprint density at radius 3 is 1.43 bits per heavy atom. The zero-order valence-electron chi connectivity index (χ0n) is 20.0. The number of rotatable bonds is 5. The first-order valence-corrected chi connectivity index (χ1v) is 14.7. The van der Waals surface area contributed by atoms with Gasteiger partial charge in [0.15, 0.2) is 0 Å². The van der Waals surface area contributed by atoms with Gasteiger partial charge in [-0.15, -0.1) is 0 Å². The normalized spacial score (nSPS) is 17.7. The van der Waals surface area contributed by atoms with Crippen molar-refractivity contribution < 1.29 is 21.6 Å². The van der Waals surface area contributed by atoms with Gasteiger partial charge in [0.05, 0.1) is 9.79 Å². The molecule has 0 spiro atoms. The highest BCUT2D eigenvalue weighted by Gasteiger charge is 2.26. The summed E-state index contributed by atoms with van der Waals surface area (Å²) in [5.41, 5.74) is 6.72. The van der Waals surface area contributed by atoms with Gasteiger partial charge < -0.3 is 11.1 Å². The van der Waals surface area contributed by atoms with E-state index in [9.17, 15) is 21.6 Å². The van der Waals surface area contributed by atoms with E-state index in [0.29, 0.717) is 42.4 Å². The quantitative estimate of drug-likeness (QED) is 0.580. The van der Waals surface area contributed by atoms with Crippen molar-refractivity contribution >= 4 is 37.3 Å². The van der Waals surface area contributed by atoms with Gasteiger partial charge in [-0.2, -0.15) is 8.61 Å². The highest BCUT2D eigenvalue weighted by atomic mass is 32.2. The van der Waals surface area contributed by atoms with Crippen LogP contribution in [0.1, 0.15) is 45.4 Å². The minimum Gasteiger partial charge on any atom is -0.399 e. The molecule has 35 heavy (non-hydrogen) atoms. The van der Waals surface area contributed by atoms with Gasteiger partial charge in [-0.3, -0.25) is 4.79 Å².